The zero-order chi connectivity index (χ0) is 15.5. The number of aromatic nitrogens is 1. The van der Waals surface area contributed by atoms with E-state index in [2.05, 4.69) is 15.6 Å². The molecule has 0 radical (unpaired) electrons. The Bertz CT molecular complexity index is 487. The van der Waals surface area contributed by atoms with Gasteiger partial charge in [-0.1, -0.05) is 12.8 Å². The highest BCUT2D eigenvalue weighted by Crippen LogP contribution is 2.41. The van der Waals surface area contributed by atoms with Crippen molar-refractivity contribution in [2.75, 3.05) is 17.7 Å². The van der Waals surface area contributed by atoms with Crippen molar-refractivity contribution in [1.82, 2.24) is 4.98 Å². The monoisotopic (exact) mass is 301 g/mol. The molecule has 1 saturated carbocycles. The van der Waals surface area contributed by atoms with E-state index < -0.39 is 23.9 Å². The van der Waals surface area contributed by atoms with Gasteiger partial charge in [0.25, 0.3) is 0 Å². The number of nitrogens with one attached hydrogen (secondary N) is 2. The smallest absolute Gasteiger partial charge is 0.373 e. The normalized spacial score (nSPS) is 22.7. The van der Waals surface area contributed by atoms with E-state index in [9.17, 15) is 18.0 Å². The second kappa shape index (κ2) is 6.32. The highest BCUT2D eigenvalue weighted by molar-refractivity contribution is 5.92. The molecule has 1 aromatic rings. The third-order valence-corrected chi connectivity index (χ3v) is 3.81. The predicted octanol–water partition coefficient (Wildman–Crippen LogP) is 3.43. The lowest BCUT2D eigenvalue weighted by molar-refractivity contribution is -0.197. The summed E-state index contributed by atoms with van der Waals surface area (Å²) in [6, 6.07) is 3.26. The molecule has 2 rings (SSSR count). The van der Waals surface area contributed by atoms with Gasteiger partial charge in [-0.3, -0.25) is 4.79 Å². The summed E-state index contributed by atoms with van der Waals surface area (Å²) in [6.45, 7) is 0. The van der Waals surface area contributed by atoms with Crippen LogP contribution in [0.3, 0.4) is 0 Å². The first-order valence-corrected chi connectivity index (χ1v) is 6.93. The molecule has 1 amide bonds. The molecule has 1 aliphatic carbocycles. The minimum atomic E-state index is -4.32. The Hall–Kier alpha value is -1.79. The number of alkyl halides is 3. The summed E-state index contributed by atoms with van der Waals surface area (Å²) in [5, 5.41) is 5.36. The van der Waals surface area contributed by atoms with E-state index >= 15 is 0 Å². The van der Waals surface area contributed by atoms with Gasteiger partial charge in [0.05, 0.1) is 17.8 Å². The molecule has 1 aliphatic rings. The maximum atomic E-state index is 13.0. The average molecular weight is 301 g/mol. The van der Waals surface area contributed by atoms with Crippen molar-refractivity contribution in [3.8, 4) is 0 Å². The summed E-state index contributed by atoms with van der Waals surface area (Å²) >= 11 is 0. The third kappa shape index (κ3) is 3.86. The Morgan fingerprint density at radius 3 is 2.57 bits per heavy atom. The number of pyridine rings is 1. The molecule has 116 valence electrons. The standard InChI is InChI=1S/C14H18F3N3O/c1-18-12-7-6-9(8-19-12)20-13(21)10-4-2-3-5-11(10)14(15,16)17/h6-8,10-11H,2-5H2,1H3,(H,18,19)(H,20,21). The van der Waals surface area contributed by atoms with Crippen LogP contribution in [0.25, 0.3) is 0 Å². The molecule has 4 nitrogen and oxygen atoms in total. The van der Waals surface area contributed by atoms with Gasteiger partial charge in [-0.05, 0) is 25.0 Å². The van der Waals surface area contributed by atoms with Crippen LogP contribution in [0.4, 0.5) is 24.7 Å². The molecule has 21 heavy (non-hydrogen) atoms. The molecule has 0 aliphatic heterocycles. The van der Waals surface area contributed by atoms with Crippen LogP contribution in [0.5, 0.6) is 0 Å². The zero-order valence-corrected chi connectivity index (χ0v) is 11.7. The van der Waals surface area contributed by atoms with Crippen LogP contribution in [-0.2, 0) is 4.79 Å². The van der Waals surface area contributed by atoms with Gasteiger partial charge in [-0.2, -0.15) is 13.2 Å². The van der Waals surface area contributed by atoms with Crippen LogP contribution in [-0.4, -0.2) is 24.1 Å². The lowest BCUT2D eigenvalue weighted by atomic mass is 9.78. The van der Waals surface area contributed by atoms with Crippen LogP contribution >= 0.6 is 0 Å². The summed E-state index contributed by atoms with van der Waals surface area (Å²) < 4.78 is 39.0. The zero-order valence-electron chi connectivity index (χ0n) is 11.7. The minimum Gasteiger partial charge on any atom is -0.373 e. The van der Waals surface area contributed by atoms with Crippen LogP contribution in [0.15, 0.2) is 18.3 Å². The molecule has 7 heteroatoms. The van der Waals surface area contributed by atoms with Gasteiger partial charge in [0.2, 0.25) is 5.91 Å². The van der Waals surface area contributed by atoms with E-state index in [0.717, 1.165) is 0 Å². The summed E-state index contributed by atoms with van der Waals surface area (Å²) in [6.07, 6.45) is -1.42. The van der Waals surface area contributed by atoms with Crippen molar-refractivity contribution in [1.29, 1.82) is 0 Å². The second-order valence-electron chi connectivity index (χ2n) is 5.21. The van der Waals surface area contributed by atoms with E-state index in [1.807, 2.05) is 0 Å². The summed E-state index contributed by atoms with van der Waals surface area (Å²) in [5.74, 6) is -2.51. The van der Waals surface area contributed by atoms with Gasteiger partial charge in [-0.25, -0.2) is 4.98 Å². The van der Waals surface area contributed by atoms with E-state index in [4.69, 9.17) is 0 Å². The Balaban J connectivity index is 2.06. The van der Waals surface area contributed by atoms with Crippen molar-refractivity contribution in [2.24, 2.45) is 11.8 Å². The number of nitrogens with zero attached hydrogens (tertiary/aromatic N) is 1. The van der Waals surface area contributed by atoms with Gasteiger partial charge in [0, 0.05) is 13.0 Å². The van der Waals surface area contributed by atoms with Crippen LogP contribution in [0.1, 0.15) is 25.7 Å². The van der Waals surface area contributed by atoms with Gasteiger partial charge >= 0.3 is 6.18 Å². The Kier molecular flexibility index (Phi) is 4.69. The highest BCUT2D eigenvalue weighted by atomic mass is 19.4. The fourth-order valence-electron chi connectivity index (χ4n) is 2.69. The Morgan fingerprint density at radius 1 is 1.29 bits per heavy atom. The van der Waals surface area contributed by atoms with Crippen molar-refractivity contribution in [3.63, 3.8) is 0 Å². The minimum absolute atomic E-state index is 0.0263. The topological polar surface area (TPSA) is 54.0 Å². The largest absolute Gasteiger partial charge is 0.392 e. The molecular formula is C14H18F3N3O. The molecule has 1 aromatic heterocycles. The van der Waals surface area contributed by atoms with Crippen LogP contribution < -0.4 is 10.6 Å². The predicted molar refractivity (Wildman–Crippen MR) is 73.9 cm³/mol. The fraction of sp³-hybridized carbons (Fsp3) is 0.571. The number of amides is 1. The quantitative estimate of drug-likeness (QED) is 0.899. The number of anilines is 2. The van der Waals surface area contributed by atoms with Crippen molar-refractivity contribution < 1.29 is 18.0 Å². The number of hydrogen-bond donors (Lipinski definition) is 2. The molecule has 2 atom stereocenters. The maximum Gasteiger partial charge on any atom is 0.392 e. The van der Waals surface area contributed by atoms with Gasteiger partial charge in [0.15, 0.2) is 0 Å². The highest BCUT2D eigenvalue weighted by Gasteiger charge is 2.48. The first kappa shape index (κ1) is 15.6. The van der Waals surface area contributed by atoms with Crippen molar-refractivity contribution >= 4 is 17.4 Å². The average Bonchev–Trinajstić information content (AvgIpc) is 2.47. The first-order chi connectivity index (χ1) is 9.91. The Morgan fingerprint density at radius 2 is 2.00 bits per heavy atom. The van der Waals surface area contributed by atoms with Crippen molar-refractivity contribution in [2.45, 2.75) is 31.9 Å². The number of carbonyl (C=O) groups is 1. The SMILES string of the molecule is CNc1ccc(NC(=O)C2CCCCC2C(F)(F)F)cn1. The number of hydrogen-bond acceptors (Lipinski definition) is 3. The molecule has 1 heterocycles. The van der Waals surface area contributed by atoms with Gasteiger partial charge in [-0.15, -0.1) is 0 Å². The number of rotatable bonds is 3. The van der Waals surface area contributed by atoms with E-state index in [0.29, 0.717) is 24.3 Å². The first-order valence-electron chi connectivity index (χ1n) is 6.93. The lowest BCUT2D eigenvalue weighted by Crippen LogP contribution is -2.39. The molecule has 0 aromatic carbocycles. The Labute approximate surface area is 121 Å². The maximum absolute atomic E-state index is 13.0. The van der Waals surface area contributed by atoms with E-state index in [1.165, 1.54) is 6.20 Å². The molecule has 0 bridgehead atoms. The van der Waals surface area contributed by atoms with Gasteiger partial charge in [0.1, 0.15) is 5.82 Å². The summed E-state index contributed by atoms with van der Waals surface area (Å²) in [7, 11) is 1.70. The van der Waals surface area contributed by atoms with Crippen LogP contribution in [0, 0.1) is 11.8 Å². The lowest BCUT2D eigenvalue weighted by Gasteiger charge is -2.31. The van der Waals surface area contributed by atoms with E-state index in [1.54, 1.807) is 19.2 Å². The van der Waals surface area contributed by atoms with E-state index in [-0.39, 0.29) is 12.8 Å². The fourth-order valence-corrected chi connectivity index (χ4v) is 2.69. The second-order valence-corrected chi connectivity index (χ2v) is 5.21. The molecule has 0 spiro atoms. The molecule has 2 N–H and O–H groups in total. The molecule has 1 fully saturated rings. The summed E-state index contributed by atoms with van der Waals surface area (Å²) in [5.41, 5.74) is 0.408. The molecule has 2 unspecified atom stereocenters. The van der Waals surface area contributed by atoms with Crippen LogP contribution in [0.2, 0.25) is 0 Å². The van der Waals surface area contributed by atoms with Crippen molar-refractivity contribution in [3.05, 3.63) is 18.3 Å². The third-order valence-electron chi connectivity index (χ3n) is 3.81. The molecular weight excluding hydrogens is 283 g/mol. The number of carbonyl (C=O) groups excluding carboxylic acids is 1. The summed E-state index contributed by atoms with van der Waals surface area (Å²) in [4.78, 5) is 16.1. The number of halogens is 3. The van der Waals surface area contributed by atoms with Gasteiger partial charge < -0.3 is 10.6 Å². The molecule has 0 saturated heterocycles.